The van der Waals surface area contributed by atoms with Crippen molar-refractivity contribution in [3.05, 3.63) is 0 Å². The summed E-state index contributed by atoms with van der Waals surface area (Å²) in [4.78, 5) is 2.54. The van der Waals surface area contributed by atoms with Crippen molar-refractivity contribution in [3.8, 4) is 0 Å². The lowest BCUT2D eigenvalue weighted by molar-refractivity contribution is 0.101. The molecular formula is C12H26N2. The minimum absolute atomic E-state index is 0.298. The third kappa shape index (κ3) is 3.25. The van der Waals surface area contributed by atoms with Crippen LogP contribution in [0.15, 0.2) is 0 Å². The Hall–Kier alpha value is -0.0800. The Bertz CT molecular complexity index is 191. The average molecular weight is 198 g/mol. The van der Waals surface area contributed by atoms with Crippen LogP contribution in [0.4, 0.5) is 0 Å². The molecule has 0 amide bonds. The first-order chi connectivity index (χ1) is 6.21. The van der Waals surface area contributed by atoms with Crippen LogP contribution in [0.1, 0.15) is 47.5 Å². The minimum atomic E-state index is 0.298. The van der Waals surface area contributed by atoms with Crippen LogP contribution in [0, 0.1) is 5.41 Å². The lowest BCUT2D eigenvalue weighted by Crippen LogP contribution is -2.45. The second-order valence-corrected chi connectivity index (χ2v) is 6.54. The summed E-state index contributed by atoms with van der Waals surface area (Å²) in [6, 6.07) is 0.397. The smallest absolute Gasteiger partial charge is 0.0180 e. The lowest BCUT2D eigenvalue weighted by Gasteiger charge is -2.40. The highest BCUT2D eigenvalue weighted by atomic mass is 15.2. The summed E-state index contributed by atoms with van der Waals surface area (Å²) in [6.45, 7) is 13.9. The highest BCUT2D eigenvalue weighted by molar-refractivity contribution is 4.91. The van der Waals surface area contributed by atoms with E-state index in [9.17, 15) is 0 Å². The van der Waals surface area contributed by atoms with Gasteiger partial charge in [-0.05, 0) is 32.1 Å². The zero-order valence-corrected chi connectivity index (χ0v) is 10.4. The molecule has 1 fully saturated rings. The summed E-state index contributed by atoms with van der Waals surface area (Å²) in [7, 11) is 0. The van der Waals surface area contributed by atoms with Gasteiger partial charge in [-0.15, -0.1) is 0 Å². The molecule has 1 aliphatic heterocycles. The van der Waals surface area contributed by atoms with Gasteiger partial charge in [0, 0.05) is 24.7 Å². The molecule has 0 aliphatic carbocycles. The van der Waals surface area contributed by atoms with Crippen LogP contribution in [0.3, 0.4) is 0 Å². The Kier molecular flexibility index (Phi) is 3.27. The fourth-order valence-electron chi connectivity index (χ4n) is 2.75. The Labute approximate surface area is 88.8 Å². The molecule has 0 aromatic rings. The molecule has 1 rings (SSSR count). The summed E-state index contributed by atoms with van der Waals surface area (Å²) in [5.74, 6) is 0. The first-order valence-corrected chi connectivity index (χ1v) is 5.71. The zero-order valence-electron chi connectivity index (χ0n) is 10.4. The molecule has 2 heteroatoms. The van der Waals surface area contributed by atoms with Gasteiger partial charge in [0.1, 0.15) is 0 Å². The number of nitrogens with zero attached hydrogens (tertiary/aromatic N) is 1. The van der Waals surface area contributed by atoms with Gasteiger partial charge in [0.05, 0.1) is 0 Å². The Morgan fingerprint density at radius 3 is 2.14 bits per heavy atom. The molecule has 1 heterocycles. The van der Waals surface area contributed by atoms with Crippen LogP contribution in [0.5, 0.6) is 0 Å². The van der Waals surface area contributed by atoms with Crippen molar-refractivity contribution in [3.63, 3.8) is 0 Å². The van der Waals surface area contributed by atoms with E-state index >= 15 is 0 Å². The molecule has 1 aliphatic rings. The van der Waals surface area contributed by atoms with Crippen molar-refractivity contribution in [2.45, 2.75) is 59.0 Å². The predicted octanol–water partition coefficient (Wildman–Crippen LogP) is 2.23. The van der Waals surface area contributed by atoms with Gasteiger partial charge in [-0.25, -0.2) is 0 Å². The SMILES string of the molecule is CC(C)(C)CC(C)(C)N1CCC(N)C1. The summed E-state index contributed by atoms with van der Waals surface area (Å²) < 4.78 is 0. The van der Waals surface area contributed by atoms with Gasteiger partial charge >= 0.3 is 0 Å². The van der Waals surface area contributed by atoms with E-state index in [2.05, 4.69) is 39.5 Å². The summed E-state index contributed by atoms with van der Waals surface area (Å²) in [5, 5.41) is 0. The predicted molar refractivity (Wildman–Crippen MR) is 62.3 cm³/mol. The van der Waals surface area contributed by atoms with E-state index in [1.165, 1.54) is 13.0 Å². The van der Waals surface area contributed by atoms with Crippen LogP contribution in [0.25, 0.3) is 0 Å². The molecule has 0 aromatic carbocycles. The van der Waals surface area contributed by atoms with Crippen LogP contribution in [-0.2, 0) is 0 Å². The number of rotatable bonds is 2. The molecule has 2 nitrogen and oxygen atoms in total. The quantitative estimate of drug-likeness (QED) is 0.737. The van der Waals surface area contributed by atoms with Crippen molar-refractivity contribution < 1.29 is 0 Å². The molecule has 0 bridgehead atoms. The van der Waals surface area contributed by atoms with E-state index in [1.54, 1.807) is 0 Å². The van der Waals surface area contributed by atoms with Crippen molar-refractivity contribution >= 4 is 0 Å². The normalized spacial score (nSPS) is 25.7. The molecule has 0 radical (unpaired) electrons. The van der Waals surface area contributed by atoms with Crippen LogP contribution >= 0.6 is 0 Å². The average Bonchev–Trinajstić information content (AvgIpc) is 2.29. The van der Waals surface area contributed by atoms with Crippen molar-refractivity contribution in [1.29, 1.82) is 0 Å². The standard InChI is InChI=1S/C12H26N2/c1-11(2,3)9-12(4,5)14-7-6-10(13)8-14/h10H,6-9,13H2,1-5H3. The van der Waals surface area contributed by atoms with E-state index in [1.807, 2.05) is 0 Å². The molecule has 0 saturated carbocycles. The Balaban J connectivity index is 2.56. The van der Waals surface area contributed by atoms with Gasteiger partial charge in [-0.1, -0.05) is 20.8 Å². The highest BCUT2D eigenvalue weighted by Crippen LogP contribution is 2.32. The third-order valence-electron chi connectivity index (χ3n) is 3.04. The summed E-state index contributed by atoms with van der Waals surface area (Å²) in [6.07, 6.45) is 2.39. The van der Waals surface area contributed by atoms with E-state index < -0.39 is 0 Å². The molecule has 0 spiro atoms. The largest absolute Gasteiger partial charge is 0.326 e. The second-order valence-electron chi connectivity index (χ2n) is 6.54. The van der Waals surface area contributed by atoms with Crippen molar-refractivity contribution in [2.75, 3.05) is 13.1 Å². The van der Waals surface area contributed by atoms with E-state index in [-0.39, 0.29) is 0 Å². The van der Waals surface area contributed by atoms with Crippen molar-refractivity contribution in [1.82, 2.24) is 4.90 Å². The number of hydrogen-bond acceptors (Lipinski definition) is 2. The Morgan fingerprint density at radius 1 is 1.21 bits per heavy atom. The number of hydrogen-bond donors (Lipinski definition) is 1. The monoisotopic (exact) mass is 198 g/mol. The topological polar surface area (TPSA) is 29.3 Å². The van der Waals surface area contributed by atoms with Crippen molar-refractivity contribution in [2.24, 2.45) is 11.1 Å². The van der Waals surface area contributed by atoms with Crippen LogP contribution < -0.4 is 5.73 Å². The highest BCUT2D eigenvalue weighted by Gasteiger charge is 2.34. The zero-order chi connectivity index (χ0) is 11.0. The van der Waals surface area contributed by atoms with Gasteiger partial charge in [-0.2, -0.15) is 0 Å². The molecule has 1 saturated heterocycles. The number of likely N-dealkylation sites (tertiary alicyclic amines) is 1. The first-order valence-electron chi connectivity index (χ1n) is 5.71. The maximum atomic E-state index is 5.94. The van der Waals surface area contributed by atoms with E-state index in [0.717, 1.165) is 13.0 Å². The van der Waals surface area contributed by atoms with Crippen LogP contribution in [-0.4, -0.2) is 29.6 Å². The molecule has 14 heavy (non-hydrogen) atoms. The molecule has 2 N–H and O–H groups in total. The number of nitrogens with two attached hydrogens (primary N) is 1. The third-order valence-corrected chi connectivity index (χ3v) is 3.04. The van der Waals surface area contributed by atoms with Gasteiger partial charge in [0.2, 0.25) is 0 Å². The maximum absolute atomic E-state index is 5.94. The van der Waals surface area contributed by atoms with Crippen LogP contribution in [0.2, 0.25) is 0 Å². The van der Waals surface area contributed by atoms with Gasteiger partial charge < -0.3 is 5.73 Å². The van der Waals surface area contributed by atoms with Gasteiger partial charge in [-0.3, -0.25) is 4.90 Å². The molecular weight excluding hydrogens is 172 g/mol. The van der Waals surface area contributed by atoms with E-state index in [4.69, 9.17) is 5.73 Å². The fraction of sp³-hybridized carbons (Fsp3) is 1.00. The summed E-state index contributed by atoms with van der Waals surface area (Å²) >= 11 is 0. The first kappa shape index (κ1) is 12.0. The Morgan fingerprint density at radius 2 is 1.79 bits per heavy atom. The second kappa shape index (κ2) is 3.82. The van der Waals surface area contributed by atoms with E-state index in [0.29, 0.717) is 17.0 Å². The minimum Gasteiger partial charge on any atom is -0.326 e. The molecule has 84 valence electrons. The lowest BCUT2D eigenvalue weighted by atomic mass is 9.81. The van der Waals surface area contributed by atoms with Gasteiger partial charge in [0.25, 0.3) is 0 Å². The fourth-order valence-corrected chi connectivity index (χ4v) is 2.75. The van der Waals surface area contributed by atoms with Gasteiger partial charge in [0.15, 0.2) is 0 Å². The molecule has 1 atom stereocenters. The maximum Gasteiger partial charge on any atom is 0.0180 e. The molecule has 0 aromatic heterocycles. The summed E-state index contributed by atoms with van der Waals surface area (Å²) in [5.41, 5.74) is 6.64. The molecule has 1 unspecified atom stereocenters.